The zero-order chi connectivity index (χ0) is 14.2. The summed E-state index contributed by atoms with van der Waals surface area (Å²) in [6.45, 7) is 1.50. The Bertz CT molecular complexity index is 552. The summed E-state index contributed by atoms with van der Waals surface area (Å²) in [5.74, 6) is 1.15. The zero-order valence-electron chi connectivity index (χ0n) is 11.1. The molecule has 0 atom stereocenters. The number of nitrogens with one attached hydrogen (secondary N) is 2. The molecule has 1 aromatic carbocycles. The standard InChI is InChI=1S/C13H16BrN5O/c1-20-7-3-6-15-12-9-16-19-13(18-12)17-11-5-2-4-10(14)8-11/h2,4-5,8-9H,3,6-7H2,1H3,(H2,15,17,18,19). The number of anilines is 3. The van der Waals surface area contributed by atoms with E-state index in [2.05, 4.69) is 41.7 Å². The van der Waals surface area contributed by atoms with Gasteiger partial charge in [0.2, 0.25) is 5.95 Å². The van der Waals surface area contributed by atoms with Crippen LogP contribution in [0.15, 0.2) is 34.9 Å². The number of aromatic nitrogens is 3. The predicted octanol–water partition coefficient (Wildman–Crippen LogP) is 2.83. The number of hydrogen-bond donors (Lipinski definition) is 2. The van der Waals surface area contributed by atoms with Gasteiger partial charge in [0, 0.05) is 30.4 Å². The van der Waals surface area contributed by atoms with Crippen molar-refractivity contribution in [1.29, 1.82) is 0 Å². The maximum atomic E-state index is 4.99. The monoisotopic (exact) mass is 337 g/mol. The quantitative estimate of drug-likeness (QED) is 0.757. The van der Waals surface area contributed by atoms with Gasteiger partial charge >= 0.3 is 0 Å². The second-order valence-electron chi connectivity index (χ2n) is 4.07. The number of rotatable bonds is 7. The molecule has 1 heterocycles. The smallest absolute Gasteiger partial charge is 0.249 e. The van der Waals surface area contributed by atoms with Gasteiger partial charge in [-0.2, -0.15) is 10.1 Å². The molecule has 0 amide bonds. The van der Waals surface area contributed by atoms with Crippen molar-refractivity contribution in [3.63, 3.8) is 0 Å². The molecular weight excluding hydrogens is 322 g/mol. The van der Waals surface area contributed by atoms with E-state index in [4.69, 9.17) is 4.74 Å². The Morgan fingerprint density at radius 1 is 1.35 bits per heavy atom. The lowest BCUT2D eigenvalue weighted by atomic mass is 10.3. The first-order chi connectivity index (χ1) is 9.78. The molecular formula is C13H16BrN5O. The van der Waals surface area contributed by atoms with E-state index in [9.17, 15) is 0 Å². The molecule has 7 heteroatoms. The van der Waals surface area contributed by atoms with E-state index in [-0.39, 0.29) is 0 Å². The summed E-state index contributed by atoms with van der Waals surface area (Å²) in [7, 11) is 1.69. The van der Waals surface area contributed by atoms with Gasteiger partial charge in [0.15, 0.2) is 5.82 Å². The lowest BCUT2D eigenvalue weighted by molar-refractivity contribution is 0.197. The van der Waals surface area contributed by atoms with Gasteiger partial charge in [-0.05, 0) is 24.6 Å². The minimum Gasteiger partial charge on any atom is -0.385 e. The van der Waals surface area contributed by atoms with Crippen molar-refractivity contribution in [2.75, 3.05) is 30.9 Å². The first-order valence-electron chi connectivity index (χ1n) is 6.23. The van der Waals surface area contributed by atoms with Crippen LogP contribution < -0.4 is 10.6 Å². The van der Waals surface area contributed by atoms with E-state index in [0.717, 1.165) is 23.1 Å². The number of hydrogen-bond acceptors (Lipinski definition) is 6. The van der Waals surface area contributed by atoms with Crippen LogP contribution in [0.1, 0.15) is 6.42 Å². The molecule has 106 valence electrons. The van der Waals surface area contributed by atoms with Crippen LogP contribution in [0.5, 0.6) is 0 Å². The van der Waals surface area contributed by atoms with E-state index in [1.54, 1.807) is 13.3 Å². The lowest BCUT2D eigenvalue weighted by Gasteiger charge is -2.07. The normalized spacial score (nSPS) is 10.3. The first-order valence-corrected chi connectivity index (χ1v) is 7.02. The lowest BCUT2D eigenvalue weighted by Crippen LogP contribution is -2.08. The fraction of sp³-hybridized carbons (Fsp3) is 0.308. The molecule has 2 aromatic rings. The van der Waals surface area contributed by atoms with Gasteiger partial charge < -0.3 is 15.4 Å². The van der Waals surface area contributed by atoms with Crippen LogP contribution in [0.4, 0.5) is 17.5 Å². The first kappa shape index (κ1) is 14.7. The number of halogens is 1. The third-order valence-electron chi connectivity index (χ3n) is 2.47. The van der Waals surface area contributed by atoms with Crippen molar-refractivity contribution < 1.29 is 4.74 Å². The van der Waals surface area contributed by atoms with Crippen molar-refractivity contribution >= 4 is 33.4 Å². The van der Waals surface area contributed by atoms with Crippen molar-refractivity contribution in [3.8, 4) is 0 Å². The highest BCUT2D eigenvalue weighted by Crippen LogP contribution is 2.18. The summed E-state index contributed by atoms with van der Waals surface area (Å²) in [6, 6.07) is 7.78. The minimum atomic E-state index is 0.458. The van der Waals surface area contributed by atoms with E-state index in [1.165, 1.54) is 0 Å². The van der Waals surface area contributed by atoms with E-state index in [0.29, 0.717) is 18.4 Å². The third-order valence-corrected chi connectivity index (χ3v) is 2.96. The molecule has 20 heavy (non-hydrogen) atoms. The molecule has 0 spiro atoms. The van der Waals surface area contributed by atoms with Gasteiger partial charge in [-0.25, -0.2) is 0 Å². The molecule has 2 N–H and O–H groups in total. The predicted molar refractivity (Wildman–Crippen MR) is 82.2 cm³/mol. The van der Waals surface area contributed by atoms with Gasteiger partial charge in [-0.3, -0.25) is 0 Å². The summed E-state index contributed by atoms with van der Waals surface area (Å²) in [4.78, 5) is 4.34. The average Bonchev–Trinajstić information content (AvgIpc) is 2.44. The molecule has 0 unspecified atom stereocenters. The molecule has 0 radical (unpaired) electrons. The number of ether oxygens (including phenoxy) is 1. The highest BCUT2D eigenvalue weighted by atomic mass is 79.9. The van der Waals surface area contributed by atoms with Crippen molar-refractivity contribution in [2.24, 2.45) is 0 Å². The van der Waals surface area contributed by atoms with Crippen LogP contribution in [0, 0.1) is 0 Å². The zero-order valence-corrected chi connectivity index (χ0v) is 12.7. The SMILES string of the molecule is COCCCNc1cnnc(Nc2cccc(Br)c2)n1. The summed E-state index contributed by atoms with van der Waals surface area (Å²) >= 11 is 3.42. The largest absolute Gasteiger partial charge is 0.385 e. The Morgan fingerprint density at radius 3 is 3.05 bits per heavy atom. The Labute approximate surface area is 126 Å². The molecule has 2 rings (SSSR count). The van der Waals surface area contributed by atoms with E-state index in [1.807, 2.05) is 24.3 Å². The number of benzene rings is 1. The van der Waals surface area contributed by atoms with E-state index < -0.39 is 0 Å². The Morgan fingerprint density at radius 2 is 2.25 bits per heavy atom. The van der Waals surface area contributed by atoms with Crippen LogP contribution in [0.25, 0.3) is 0 Å². The molecule has 0 fully saturated rings. The molecule has 0 bridgehead atoms. The maximum Gasteiger partial charge on any atom is 0.249 e. The molecule has 0 saturated carbocycles. The van der Waals surface area contributed by atoms with Crippen molar-refractivity contribution in [3.05, 3.63) is 34.9 Å². The fourth-order valence-corrected chi connectivity index (χ4v) is 1.97. The van der Waals surface area contributed by atoms with Gasteiger partial charge in [0.05, 0.1) is 6.20 Å². The van der Waals surface area contributed by atoms with Crippen molar-refractivity contribution in [2.45, 2.75) is 6.42 Å². The number of methoxy groups -OCH3 is 1. The average molecular weight is 338 g/mol. The van der Waals surface area contributed by atoms with E-state index >= 15 is 0 Å². The topological polar surface area (TPSA) is 72.0 Å². The van der Waals surface area contributed by atoms with Crippen LogP contribution in [0.2, 0.25) is 0 Å². The Balaban J connectivity index is 1.95. The second-order valence-corrected chi connectivity index (χ2v) is 4.99. The second kappa shape index (κ2) is 7.76. The van der Waals surface area contributed by atoms with Crippen LogP contribution in [-0.2, 0) is 4.74 Å². The Kier molecular flexibility index (Phi) is 5.69. The van der Waals surface area contributed by atoms with Gasteiger partial charge in [0.25, 0.3) is 0 Å². The summed E-state index contributed by atoms with van der Waals surface area (Å²) in [5.41, 5.74) is 0.901. The summed E-state index contributed by atoms with van der Waals surface area (Å²) in [6.07, 6.45) is 2.51. The molecule has 0 saturated heterocycles. The number of nitrogens with zero attached hydrogens (tertiary/aromatic N) is 3. The molecule has 0 aliphatic carbocycles. The van der Waals surface area contributed by atoms with Crippen LogP contribution in [-0.4, -0.2) is 35.4 Å². The summed E-state index contributed by atoms with van der Waals surface area (Å²) in [5, 5.41) is 14.2. The third kappa shape index (κ3) is 4.75. The molecule has 1 aromatic heterocycles. The van der Waals surface area contributed by atoms with Gasteiger partial charge in [-0.1, -0.05) is 22.0 Å². The van der Waals surface area contributed by atoms with Gasteiger partial charge in [-0.15, -0.1) is 5.10 Å². The minimum absolute atomic E-state index is 0.458. The van der Waals surface area contributed by atoms with Crippen molar-refractivity contribution in [1.82, 2.24) is 15.2 Å². The molecule has 0 aliphatic rings. The van der Waals surface area contributed by atoms with Gasteiger partial charge in [0.1, 0.15) is 0 Å². The summed E-state index contributed by atoms with van der Waals surface area (Å²) < 4.78 is 5.98. The maximum absolute atomic E-state index is 4.99. The molecule has 0 aliphatic heterocycles. The van der Waals surface area contributed by atoms with Crippen LogP contribution >= 0.6 is 15.9 Å². The Hall–Kier alpha value is -1.73. The highest BCUT2D eigenvalue weighted by molar-refractivity contribution is 9.10. The molecule has 6 nitrogen and oxygen atoms in total. The van der Waals surface area contributed by atoms with Crippen LogP contribution in [0.3, 0.4) is 0 Å². The fourth-order valence-electron chi connectivity index (χ4n) is 1.57. The highest BCUT2D eigenvalue weighted by Gasteiger charge is 2.01.